The first kappa shape index (κ1) is 25.9. The molecule has 0 aliphatic carbocycles. The molecule has 0 saturated heterocycles. The lowest BCUT2D eigenvalue weighted by Crippen LogP contribution is -2.06. The van der Waals surface area contributed by atoms with Crippen LogP contribution in [0, 0.1) is 0 Å². The average Bonchev–Trinajstić information content (AvgIpc) is 2.71. The van der Waals surface area contributed by atoms with Gasteiger partial charge in [0, 0.05) is 25.3 Å². The van der Waals surface area contributed by atoms with Gasteiger partial charge in [0.1, 0.15) is 24.7 Å². The van der Waals surface area contributed by atoms with Crippen LogP contribution in [0.5, 0.6) is 0 Å². The summed E-state index contributed by atoms with van der Waals surface area (Å²) in [5.74, 6) is 1.19. The fraction of sp³-hybridized carbons (Fsp3) is 0.800. The molecule has 4 heteroatoms. The van der Waals surface area contributed by atoms with E-state index in [-0.39, 0.29) is 5.43 Å². The number of hydrogen-bond donors (Lipinski definition) is 0. The van der Waals surface area contributed by atoms with Crippen molar-refractivity contribution in [3.05, 3.63) is 33.9 Å². The minimum absolute atomic E-state index is 0.0414. The molecule has 0 spiro atoms. The molecule has 1 aromatic rings. The second-order valence-corrected chi connectivity index (χ2v) is 8.07. The van der Waals surface area contributed by atoms with E-state index in [4.69, 9.17) is 13.9 Å². The highest BCUT2D eigenvalue weighted by molar-refractivity contribution is 5.05. The molecule has 1 rings (SSSR count). The first-order valence-corrected chi connectivity index (χ1v) is 12.0. The molecule has 0 N–H and O–H groups in total. The lowest BCUT2D eigenvalue weighted by atomic mass is 10.1. The Labute approximate surface area is 178 Å². The lowest BCUT2D eigenvalue weighted by molar-refractivity contribution is 0.0830. The molecular weight excluding hydrogens is 364 g/mol. The molecule has 0 amide bonds. The molecule has 0 unspecified atom stereocenters. The first-order valence-electron chi connectivity index (χ1n) is 12.0. The van der Waals surface area contributed by atoms with Crippen molar-refractivity contribution in [2.75, 3.05) is 13.2 Å². The molecule has 0 fully saturated rings. The van der Waals surface area contributed by atoms with Gasteiger partial charge in [0.05, 0.1) is 0 Å². The molecule has 0 atom stereocenters. The van der Waals surface area contributed by atoms with Crippen LogP contribution >= 0.6 is 0 Å². The van der Waals surface area contributed by atoms with Crippen molar-refractivity contribution in [1.82, 2.24) is 0 Å². The molecular formula is C25H44O4. The SMILES string of the molecule is CCCCCCCCCOCc1cc(=O)cc(COCCCCCCCCC)o1. The highest BCUT2D eigenvalue weighted by Gasteiger charge is 2.04. The summed E-state index contributed by atoms with van der Waals surface area (Å²) in [6, 6.07) is 3.04. The van der Waals surface area contributed by atoms with Crippen molar-refractivity contribution >= 4 is 0 Å². The van der Waals surface area contributed by atoms with Gasteiger partial charge in [0.2, 0.25) is 0 Å². The van der Waals surface area contributed by atoms with Crippen molar-refractivity contribution < 1.29 is 13.9 Å². The Kier molecular flexibility index (Phi) is 16.9. The summed E-state index contributed by atoms with van der Waals surface area (Å²) < 4.78 is 17.1. The molecule has 0 aliphatic rings. The van der Waals surface area contributed by atoms with E-state index in [1.54, 1.807) is 0 Å². The third kappa shape index (κ3) is 15.4. The van der Waals surface area contributed by atoms with E-state index in [0.29, 0.717) is 24.7 Å². The third-order valence-corrected chi connectivity index (χ3v) is 5.14. The number of hydrogen-bond acceptors (Lipinski definition) is 4. The van der Waals surface area contributed by atoms with Gasteiger partial charge >= 0.3 is 0 Å². The quantitative estimate of drug-likeness (QED) is 0.214. The van der Waals surface area contributed by atoms with E-state index in [1.165, 1.54) is 89.2 Å². The summed E-state index contributed by atoms with van der Waals surface area (Å²) in [4.78, 5) is 11.9. The van der Waals surface area contributed by atoms with Gasteiger partial charge in [-0.05, 0) is 12.8 Å². The zero-order valence-electron chi connectivity index (χ0n) is 19.0. The topological polar surface area (TPSA) is 48.7 Å². The van der Waals surface area contributed by atoms with Crippen LogP contribution < -0.4 is 5.43 Å². The summed E-state index contributed by atoms with van der Waals surface area (Å²) >= 11 is 0. The highest BCUT2D eigenvalue weighted by atomic mass is 16.5. The van der Waals surface area contributed by atoms with Crippen LogP contribution in [0.1, 0.15) is 115 Å². The van der Waals surface area contributed by atoms with Gasteiger partial charge in [-0.1, -0.05) is 90.9 Å². The van der Waals surface area contributed by atoms with Crippen molar-refractivity contribution in [3.8, 4) is 0 Å². The minimum Gasteiger partial charge on any atom is -0.461 e. The maximum absolute atomic E-state index is 11.9. The predicted molar refractivity (Wildman–Crippen MR) is 120 cm³/mol. The van der Waals surface area contributed by atoms with Crippen LogP contribution in [0.15, 0.2) is 21.3 Å². The zero-order chi connectivity index (χ0) is 21.0. The molecule has 168 valence electrons. The maximum atomic E-state index is 11.9. The van der Waals surface area contributed by atoms with Crippen molar-refractivity contribution in [2.45, 2.75) is 117 Å². The van der Waals surface area contributed by atoms with E-state index >= 15 is 0 Å². The van der Waals surface area contributed by atoms with Crippen molar-refractivity contribution in [2.24, 2.45) is 0 Å². The normalized spacial score (nSPS) is 11.2. The summed E-state index contributed by atoms with van der Waals surface area (Å²) in [6.07, 6.45) is 17.7. The summed E-state index contributed by atoms with van der Waals surface area (Å²) in [5, 5.41) is 0. The van der Waals surface area contributed by atoms with Crippen LogP contribution in [-0.2, 0) is 22.7 Å². The van der Waals surface area contributed by atoms with Gasteiger partial charge in [-0.15, -0.1) is 0 Å². The maximum Gasteiger partial charge on any atom is 0.185 e. The molecule has 4 nitrogen and oxygen atoms in total. The Hall–Kier alpha value is -1.13. The fourth-order valence-corrected chi connectivity index (χ4v) is 3.40. The Bertz CT molecular complexity index is 495. The third-order valence-electron chi connectivity index (χ3n) is 5.14. The van der Waals surface area contributed by atoms with Gasteiger partial charge < -0.3 is 13.9 Å². The summed E-state index contributed by atoms with van der Waals surface area (Å²) in [6.45, 7) is 6.63. The van der Waals surface area contributed by atoms with Gasteiger partial charge in [0.25, 0.3) is 0 Å². The smallest absolute Gasteiger partial charge is 0.185 e. The second kappa shape index (κ2) is 18.9. The van der Waals surface area contributed by atoms with E-state index in [1.807, 2.05) is 0 Å². The van der Waals surface area contributed by atoms with E-state index < -0.39 is 0 Å². The molecule has 0 radical (unpaired) electrons. The molecule has 0 bridgehead atoms. The molecule has 29 heavy (non-hydrogen) atoms. The Balaban J connectivity index is 2.10. The zero-order valence-corrected chi connectivity index (χ0v) is 19.0. The molecule has 1 aromatic heterocycles. The van der Waals surface area contributed by atoms with Crippen LogP contribution in [0.4, 0.5) is 0 Å². The molecule has 0 aliphatic heterocycles. The van der Waals surface area contributed by atoms with Crippen LogP contribution in [0.3, 0.4) is 0 Å². The van der Waals surface area contributed by atoms with Gasteiger partial charge in [0.15, 0.2) is 5.43 Å². The van der Waals surface area contributed by atoms with E-state index in [0.717, 1.165) is 26.1 Å². The monoisotopic (exact) mass is 408 g/mol. The van der Waals surface area contributed by atoms with Crippen LogP contribution in [0.25, 0.3) is 0 Å². The van der Waals surface area contributed by atoms with E-state index in [2.05, 4.69) is 13.8 Å². The van der Waals surface area contributed by atoms with E-state index in [9.17, 15) is 4.79 Å². The Morgan fingerprint density at radius 3 is 1.41 bits per heavy atom. The first-order chi connectivity index (χ1) is 14.3. The van der Waals surface area contributed by atoms with Crippen LogP contribution in [0.2, 0.25) is 0 Å². The van der Waals surface area contributed by atoms with Crippen molar-refractivity contribution in [1.29, 1.82) is 0 Å². The number of rotatable bonds is 20. The van der Waals surface area contributed by atoms with Gasteiger partial charge in [-0.25, -0.2) is 0 Å². The highest BCUT2D eigenvalue weighted by Crippen LogP contribution is 2.10. The molecule has 0 aromatic carbocycles. The second-order valence-electron chi connectivity index (χ2n) is 8.07. The Morgan fingerprint density at radius 2 is 1.00 bits per heavy atom. The predicted octanol–water partition coefficient (Wildman–Crippen LogP) is 7.17. The molecule has 0 saturated carbocycles. The van der Waals surface area contributed by atoms with Crippen LogP contribution in [-0.4, -0.2) is 13.2 Å². The van der Waals surface area contributed by atoms with Gasteiger partial charge in [-0.3, -0.25) is 4.79 Å². The van der Waals surface area contributed by atoms with Crippen molar-refractivity contribution in [3.63, 3.8) is 0 Å². The summed E-state index contributed by atoms with van der Waals surface area (Å²) in [5.41, 5.74) is -0.0414. The Morgan fingerprint density at radius 1 is 0.621 bits per heavy atom. The standard InChI is InChI=1S/C25H44O4/c1-3-5-7-9-11-13-15-17-27-21-24-19-23(26)20-25(29-24)22-28-18-16-14-12-10-8-6-4-2/h19-20H,3-18,21-22H2,1-2H3. The average molecular weight is 409 g/mol. The lowest BCUT2D eigenvalue weighted by Gasteiger charge is -2.07. The minimum atomic E-state index is -0.0414. The molecule has 1 heterocycles. The number of ether oxygens (including phenoxy) is 2. The number of unbranched alkanes of at least 4 members (excludes halogenated alkanes) is 12. The largest absolute Gasteiger partial charge is 0.461 e. The van der Waals surface area contributed by atoms with Gasteiger partial charge in [-0.2, -0.15) is 0 Å². The summed E-state index contributed by atoms with van der Waals surface area (Å²) in [7, 11) is 0. The fourth-order valence-electron chi connectivity index (χ4n) is 3.40.